The Labute approximate surface area is 124 Å². The molecule has 0 aliphatic rings. The molecule has 6 heteroatoms. The Kier molecular flexibility index (Phi) is 6.33. The SMILES string of the molecule is CCOC(c1ccccc1)c1noc(CNCCOC)n1. The zero-order valence-electron chi connectivity index (χ0n) is 12.4. The van der Waals surface area contributed by atoms with Crippen molar-refractivity contribution < 1.29 is 14.0 Å². The summed E-state index contributed by atoms with van der Waals surface area (Å²) in [5.41, 5.74) is 1.01. The van der Waals surface area contributed by atoms with Crippen LogP contribution in [-0.2, 0) is 16.0 Å². The number of rotatable bonds is 9. The maximum atomic E-state index is 5.75. The number of nitrogens with one attached hydrogen (secondary N) is 1. The fraction of sp³-hybridized carbons (Fsp3) is 0.467. The minimum absolute atomic E-state index is 0.298. The van der Waals surface area contributed by atoms with Crippen molar-refractivity contribution in [2.24, 2.45) is 0 Å². The molecule has 114 valence electrons. The van der Waals surface area contributed by atoms with E-state index in [0.717, 1.165) is 12.1 Å². The van der Waals surface area contributed by atoms with Crippen LogP contribution in [0.2, 0.25) is 0 Å². The summed E-state index contributed by atoms with van der Waals surface area (Å²) >= 11 is 0. The third-order valence-corrected chi connectivity index (χ3v) is 2.91. The number of methoxy groups -OCH3 is 1. The first kappa shape index (κ1) is 15.6. The van der Waals surface area contributed by atoms with Gasteiger partial charge in [-0.15, -0.1) is 0 Å². The molecule has 0 aliphatic heterocycles. The Hall–Kier alpha value is -1.76. The molecule has 0 saturated heterocycles. The molecule has 0 saturated carbocycles. The van der Waals surface area contributed by atoms with E-state index in [9.17, 15) is 0 Å². The maximum absolute atomic E-state index is 5.75. The van der Waals surface area contributed by atoms with Crippen molar-refractivity contribution in [3.05, 3.63) is 47.6 Å². The summed E-state index contributed by atoms with van der Waals surface area (Å²) in [5, 5.41) is 7.19. The van der Waals surface area contributed by atoms with Gasteiger partial charge in [-0.05, 0) is 12.5 Å². The van der Waals surface area contributed by atoms with Gasteiger partial charge in [0.2, 0.25) is 11.7 Å². The Bertz CT molecular complexity index is 516. The lowest BCUT2D eigenvalue weighted by Crippen LogP contribution is -2.18. The Balaban J connectivity index is 2.02. The third kappa shape index (κ3) is 4.63. The van der Waals surface area contributed by atoms with Gasteiger partial charge >= 0.3 is 0 Å². The first-order valence-electron chi connectivity index (χ1n) is 7.03. The molecule has 1 aromatic heterocycles. The molecule has 0 bridgehead atoms. The largest absolute Gasteiger partial charge is 0.383 e. The van der Waals surface area contributed by atoms with Crippen LogP contribution in [-0.4, -0.2) is 37.0 Å². The molecule has 1 atom stereocenters. The number of benzene rings is 1. The number of aromatic nitrogens is 2. The van der Waals surface area contributed by atoms with Gasteiger partial charge in [0.25, 0.3) is 0 Å². The number of nitrogens with zero attached hydrogens (tertiary/aromatic N) is 2. The van der Waals surface area contributed by atoms with Gasteiger partial charge in [-0.2, -0.15) is 4.98 Å². The topological polar surface area (TPSA) is 69.4 Å². The summed E-state index contributed by atoms with van der Waals surface area (Å²) in [6.45, 7) is 4.43. The summed E-state index contributed by atoms with van der Waals surface area (Å²) in [5.74, 6) is 1.09. The highest BCUT2D eigenvalue weighted by atomic mass is 16.5. The number of hydrogen-bond donors (Lipinski definition) is 1. The second-order valence-corrected chi connectivity index (χ2v) is 4.46. The van der Waals surface area contributed by atoms with Crippen LogP contribution in [0, 0.1) is 0 Å². The normalized spacial score (nSPS) is 12.5. The average molecular weight is 291 g/mol. The second-order valence-electron chi connectivity index (χ2n) is 4.46. The molecule has 21 heavy (non-hydrogen) atoms. The highest BCUT2D eigenvalue weighted by molar-refractivity contribution is 5.22. The molecule has 1 heterocycles. The second kappa shape index (κ2) is 8.51. The lowest BCUT2D eigenvalue weighted by atomic mass is 10.1. The van der Waals surface area contributed by atoms with Gasteiger partial charge in [0.1, 0.15) is 6.10 Å². The zero-order chi connectivity index (χ0) is 14.9. The highest BCUT2D eigenvalue weighted by Crippen LogP contribution is 2.23. The fourth-order valence-electron chi connectivity index (χ4n) is 1.93. The Morgan fingerprint density at radius 2 is 2.10 bits per heavy atom. The highest BCUT2D eigenvalue weighted by Gasteiger charge is 2.20. The monoisotopic (exact) mass is 291 g/mol. The quantitative estimate of drug-likeness (QED) is 0.712. The van der Waals surface area contributed by atoms with Crippen molar-refractivity contribution in [1.29, 1.82) is 0 Å². The van der Waals surface area contributed by atoms with Crippen LogP contribution in [0.1, 0.15) is 30.3 Å². The van der Waals surface area contributed by atoms with Crippen LogP contribution in [0.5, 0.6) is 0 Å². The van der Waals surface area contributed by atoms with Gasteiger partial charge in [-0.1, -0.05) is 35.5 Å². The van der Waals surface area contributed by atoms with Gasteiger partial charge in [0, 0.05) is 20.3 Å². The molecule has 0 fully saturated rings. The minimum Gasteiger partial charge on any atom is -0.383 e. The van der Waals surface area contributed by atoms with Crippen LogP contribution in [0.25, 0.3) is 0 Å². The molecule has 0 amide bonds. The number of ether oxygens (including phenoxy) is 2. The van der Waals surface area contributed by atoms with Gasteiger partial charge < -0.3 is 19.3 Å². The molecule has 6 nitrogen and oxygen atoms in total. The summed E-state index contributed by atoms with van der Waals surface area (Å²) in [6.07, 6.45) is -0.298. The van der Waals surface area contributed by atoms with Crippen molar-refractivity contribution in [2.45, 2.75) is 19.6 Å². The fourth-order valence-corrected chi connectivity index (χ4v) is 1.93. The van der Waals surface area contributed by atoms with E-state index in [1.54, 1.807) is 7.11 Å². The van der Waals surface area contributed by atoms with E-state index >= 15 is 0 Å². The number of hydrogen-bond acceptors (Lipinski definition) is 6. The van der Waals surface area contributed by atoms with Crippen LogP contribution >= 0.6 is 0 Å². The molecule has 1 unspecified atom stereocenters. The summed E-state index contributed by atoms with van der Waals surface area (Å²) in [7, 11) is 1.67. The van der Waals surface area contributed by atoms with E-state index in [1.807, 2.05) is 37.3 Å². The lowest BCUT2D eigenvalue weighted by molar-refractivity contribution is 0.0833. The molecule has 1 N–H and O–H groups in total. The molecule has 2 aromatic rings. The van der Waals surface area contributed by atoms with Crippen molar-refractivity contribution in [1.82, 2.24) is 15.5 Å². The van der Waals surface area contributed by atoms with Crippen molar-refractivity contribution >= 4 is 0 Å². The van der Waals surface area contributed by atoms with Crippen LogP contribution in [0.15, 0.2) is 34.9 Å². The first-order valence-corrected chi connectivity index (χ1v) is 7.03. The van der Waals surface area contributed by atoms with Crippen molar-refractivity contribution in [3.63, 3.8) is 0 Å². The van der Waals surface area contributed by atoms with Gasteiger partial charge in [0.15, 0.2) is 0 Å². The van der Waals surface area contributed by atoms with Crippen LogP contribution in [0.4, 0.5) is 0 Å². The molecule has 0 spiro atoms. The molecular formula is C15H21N3O3. The first-order chi connectivity index (χ1) is 10.3. The van der Waals surface area contributed by atoms with Crippen molar-refractivity contribution in [2.75, 3.05) is 26.9 Å². The average Bonchev–Trinajstić information content (AvgIpc) is 2.98. The smallest absolute Gasteiger partial charge is 0.240 e. The zero-order valence-corrected chi connectivity index (χ0v) is 12.4. The molecule has 0 aliphatic carbocycles. The molecule has 0 radical (unpaired) electrons. The van der Waals surface area contributed by atoms with Crippen molar-refractivity contribution in [3.8, 4) is 0 Å². The van der Waals surface area contributed by atoms with Crippen LogP contribution in [0.3, 0.4) is 0 Å². The van der Waals surface area contributed by atoms with E-state index in [-0.39, 0.29) is 6.10 Å². The lowest BCUT2D eigenvalue weighted by Gasteiger charge is -2.13. The van der Waals surface area contributed by atoms with E-state index in [0.29, 0.717) is 31.5 Å². The summed E-state index contributed by atoms with van der Waals surface area (Å²) in [4.78, 5) is 4.40. The molecular weight excluding hydrogens is 270 g/mol. The predicted octanol–water partition coefficient (Wildman–Crippen LogP) is 1.93. The summed E-state index contributed by atoms with van der Waals surface area (Å²) in [6, 6.07) is 9.89. The van der Waals surface area contributed by atoms with E-state index in [2.05, 4.69) is 15.5 Å². The van der Waals surface area contributed by atoms with E-state index < -0.39 is 0 Å². The molecule has 2 rings (SSSR count). The maximum Gasteiger partial charge on any atom is 0.240 e. The molecule has 1 aromatic carbocycles. The van der Waals surface area contributed by atoms with E-state index in [1.165, 1.54) is 0 Å². The van der Waals surface area contributed by atoms with Crippen LogP contribution < -0.4 is 5.32 Å². The minimum atomic E-state index is -0.298. The Morgan fingerprint density at radius 1 is 1.29 bits per heavy atom. The van der Waals surface area contributed by atoms with Gasteiger partial charge in [-0.25, -0.2) is 0 Å². The third-order valence-electron chi connectivity index (χ3n) is 2.91. The Morgan fingerprint density at radius 3 is 2.81 bits per heavy atom. The van der Waals surface area contributed by atoms with Gasteiger partial charge in [0.05, 0.1) is 13.2 Å². The summed E-state index contributed by atoms with van der Waals surface area (Å²) < 4.78 is 16.0. The van der Waals surface area contributed by atoms with Gasteiger partial charge in [-0.3, -0.25) is 0 Å². The van der Waals surface area contributed by atoms with E-state index in [4.69, 9.17) is 14.0 Å². The predicted molar refractivity (Wildman–Crippen MR) is 77.8 cm³/mol. The standard InChI is InChI=1S/C15H21N3O3/c1-3-20-14(12-7-5-4-6-8-12)15-17-13(21-18-15)11-16-9-10-19-2/h4-8,14,16H,3,9-11H2,1-2H3.